The zero-order valence-corrected chi connectivity index (χ0v) is 7.09. The number of imidazole rings is 1. The van der Waals surface area contributed by atoms with Gasteiger partial charge in [0.2, 0.25) is 0 Å². The first-order valence-electron chi connectivity index (χ1n) is 3.66. The van der Waals surface area contributed by atoms with Crippen molar-refractivity contribution in [2.75, 3.05) is 0 Å². The highest BCUT2D eigenvalue weighted by Crippen LogP contribution is 2.03. The minimum absolute atomic E-state index is 0. The van der Waals surface area contributed by atoms with E-state index in [1.165, 1.54) is 0 Å². The minimum Gasteiger partial charge on any atom is -0.345 e. The molecule has 1 heterocycles. The van der Waals surface area contributed by atoms with Crippen LogP contribution in [0.5, 0.6) is 0 Å². The highest BCUT2D eigenvalue weighted by molar-refractivity contribution is 5.56. The highest BCUT2D eigenvalue weighted by Gasteiger charge is 1.93. The highest BCUT2D eigenvalue weighted by atomic mass is 14.9. The Morgan fingerprint density at radius 2 is 2.09 bits per heavy atom. The van der Waals surface area contributed by atoms with Gasteiger partial charge in [0.05, 0.1) is 17.7 Å². The quantitative estimate of drug-likeness (QED) is 0.693. The Balaban J connectivity index is 0. The number of nitrogens with one attached hydrogen (secondary N) is 1. The third kappa shape index (κ3) is 2.42. The van der Waals surface area contributed by atoms with Gasteiger partial charge in [-0.1, -0.05) is 27.0 Å². The topological polar surface area (TPSA) is 28.7 Å². The summed E-state index contributed by atoms with van der Waals surface area (Å²) in [4.78, 5) is 6.87. The van der Waals surface area contributed by atoms with Crippen molar-refractivity contribution in [3.05, 3.63) is 30.9 Å². The largest absolute Gasteiger partial charge is 0.345 e. The Kier molecular flexibility index (Phi) is 4.82. The van der Waals surface area contributed by atoms with E-state index in [1.54, 1.807) is 18.5 Å². The lowest BCUT2D eigenvalue weighted by molar-refractivity contribution is 1.30. The second kappa shape index (κ2) is 5.47. The summed E-state index contributed by atoms with van der Waals surface area (Å²) in [7, 11) is 0. The van der Waals surface area contributed by atoms with Gasteiger partial charge in [0.1, 0.15) is 0 Å². The van der Waals surface area contributed by atoms with E-state index in [0.29, 0.717) is 0 Å². The van der Waals surface area contributed by atoms with Crippen molar-refractivity contribution in [3.8, 4) is 0 Å². The lowest BCUT2D eigenvalue weighted by Gasteiger charge is -1.84. The molecule has 11 heavy (non-hydrogen) atoms. The van der Waals surface area contributed by atoms with E-state index >= 15 is 0 Å². The lowest BCUT2D eigenvalue weighted by Crippen LogP contribution is -1.73. The van der Waals surface area contributed by atoms with Gasteiger partial charge >= 0.3 is 0 Å². The van der Waals surface area contributed by atoms with Crippen LogP contribution in [-0.4, -0.2) is 9.97 Å². The molecule has 0 spiro atoms. The predicted molar refractivity (Wildman–Crippen MR) is 52.2 cm³/mol. The fourth-order valence-electron chi connectivity index (χ4n) is 0.641. The van der Waals surface area contributed by atoms with Crippen molar-refractivity contribution < 1.29 is 1.43 Å². The van der Waals surface area contributed by atoms with Gasteiger partial charge in [-0.15, -0.1) is 0 Å². The summed E-state index contributed by atoms with van der Waals surface area (Å²) in [5, 5.41) is 0. The van der Waals surface area contributed by atoms with Crippen LogP contribution in [0, 0.1) is 0 Å². The Bertz CT molecular complexity index is 206. The first-order chi connectivity index (χ1) is 5.38. The van der Waals surface area contributed by atoms with E-state index in [9.17, 15) is 0 Å². The molecule has 0 aromatic carbocycles. The van der Waals surface area contributed by atoms with Gasteiger partial charge in [-0.3, -0.25) is 0 Å². The summed E-state index contributed by atoms with van der Waals surface area (Å²) < 4.78 is 0. The molecule has 0 atom stereocenters. The van der Waals surface area contributed by atoms with Crippen LogP contribution in [0.3, 0.4) is 0 Å². The van der Waals surface area contributed by atoms with Crippen molar-refractivity contribution in [3.63, 3.8) is 0 Å². The number of nitrogens with zero attached hydrogens (tertiary/aromatic N) is 1. The molecule has 1 aromatic rings. The molecular weight excluding hydrogens is 136 g/mol. The van der Waals surface area contributed by atoms with Crippen molar-refractivity contribution in [1.82, 2.24) is 9.97 Å². The number of hydrogen-bond donors (Lipinski definition) is 1. The molecule has 2 nitrogen and oxygen atoms in total. The van der Waals surface area contributed by atoms with E-state index in [1.807, 2.05) is 13.8 Å². The summed E-state index contributed by atoms with van der Waals surface area (Å²) in [5.41, 5.74) is 1.77. The number of rotatable bonds is 2. The lowest BCUT2D eigenvalue weighted by atomic mass is 10.3. The molecule has 1 N–H and O–H groups in total. The van der Waals surface area contributed by atoms with Crippen LogP contribution in [0.1, 0.15) is 26.7 Å². The summed E-state index contributed by atoms with van der Waals surface area (Å²) in [6.45, 7) is 11.2. The summed E-state index contributed by atoms with van der Waals surface area (Å²) >= 11 is 0. The zero-order valence-electron chi connectivity index (χ0n) is 7.09. The third-order valence-electron chi connectivity index (χ3n) is 1.10. The number of aromatic nitrogens is 2. The number of aromatic amines is 1. The molecule has 0 fully saturated rings. The SMILES string of the molecule is C=Cc1nc[nH]c1C=C.CC.[HH]. The molecule has 0 aliphatic heterocycles. The maximum atomic E-state index is 3.96. The minimum atomic E-state index is 0. The monoisotopic (exact) mass is 152 g/mol. The summed E-state index contributed by atoms with van der Waals surface area (Å²) in [6, 6.07) is 0. The van der Waals surface area contributed by atoms with E-state index in [4.69, 9.17) is 0 Å². The number of H-pyrrole nitrogens is 1. The Hall–Kier alpha value is -1.31. The van der Waals surface area contributed by atoms with Crippen molar-refractivity contribution in [1.29, 1.82) is 0 Å². The summed E-state index contributed by atoms with van der Waals surface area (Å²) in [5.74, 6) is 0. The first-order valence-corrected chi connectivity index (χ1v) is 3.66. The maximum Gasteiger partial charge on any atom is 0.0931 e. The standard InChI is InChI=1S/C7H8N2.C2H6.H2/c1-3-6-7(4-2)9-5-8-6;1-2;/h3-5H,1-2H2,(H,8,9);1-2H3;1H. The maximum absolute atomic E-state index is 3.96. The Morgan fingerprint density at radius 1 is 1.45 bits per heavy atom. The van der Waals surface area contributed by atoms with Gasteiger partial charge in [0.25, 0.3) is 0 Å². The van der Waals surface area contributed by atoms with E-state index in [0.717, 1.165) is 11.4 Å². The van der Waals surface area contributed by atoms with Gasteiger partial charge in [-0.2, -0.15) is 0 Å². The fraction of sp³-hybridized carbons (Fsp3) is 0.222. The van der Waals surface area contributed by atoms with Crippen molar-refractivity contribution in [2.45, 2.75) is 13.8 Å². The molecule has 62 valence electrons. The number of hydrogen-bond acceptors (Lipinski definition) is 1. The predicted octanol–water partition coefficient (Wildman–Crippen LogP) is 2.97. The Labute approximate surface area is 69.2 Å². The van der Waals surface area contributed by atoms with Gasteiger partial charge in [0.15, 0.2) is 0 Å². The van der Waals surface area contributed by atoms with Crippen LogP contribution in [0.4, 0.5) is 0 Å². The van der Waals surface area contributed by atoms with Crippen LogP contribution in [0.2, 0.25) is 0 Å². The third-order valence-corrected chi connectivity index (χ3v) is 1.10. The Morgan fingerprint density at radius 3 is 2.45 bits per heavy atom. The van der Waals surface area contributed by atoms with Gasteiger partial charge in [-0.05, 0) is 12.2 Å². The molecule has 0 bridgehead atoms. The van der Waals surface area contributed by atoms with Gasteiger partial charge < -0.3 is 4.98 Å². The van der Waals surface area contributed by atoms with Crippen LogP contribution >= 0.6 is 0 Å². The molecule has 0 unspecified atom stereocenters. The van der Waals surface area contributed by atoms with Crippen molar-refractivity contribution >= 4 is 12.2 Å². The van der Waals surface area contributed by atoms with Crippen LogP contribution in [-0.2, 0) is 0 Å². The normalized spacial score (nSPS) is 7.82. The molecule has 0 aliphatic carbocycles. The summed E-state index contributed by atoms with van der Waals surface area (Å²) in [6.07, 6.45) is 5.02. The molecule has 0 radical (unpaired) electrons. The molecule has 1 aromatic heterocycles. The molecular formula is C9H16N2. The van der Waals surface area contributed by atoms with Crippen LogP contribution in [0.15, 0.2) is 19.5 Å². The van der Waals surface area contributed by atoms with Crippen molar-refractivity contribution in [2.24, 2.45) is 0 Å². The molecule has 0 saturated heterocycles. The fourth-order valence-corrected chi connectivity index (χ4v) is 0.641. The second-order valence-corrected chi connectivity index (χ2v) is 1.61. The van der Waals surface area contributed by atoms with E-state index < -0.39 is 0 Å². The smallest absolute Gasteiger partial charge is 0.0931 e. The second-order valence-electron chi connectivity index (χ2n) is 1.61. The van der Waals surface area contributed by atoms with Crippen LogP contribution in [0.25, 0.3) is 12.2 Å². The molecule has 0 saturated carbocycles. The van der Waals surface area contributed by atoms with Gasteiger partial charge in [-0.25, -0.2) is 4.98 Å². The van der Waals surface area contributed by atoms with E-state index in [2.05, 4.69) is 23.1 Å². The molecule has 1 rings (SSSR count). The molecule has 2 heteroatoms. The average Bonchev–Trinajstić information content (AvgIpc) is 2.54. The first kappa shape index (κ1) is 9.69. The molecule has 0 amide bonds. The average molecular weight is 152 g/mol. The zero-order chi connectivity index (χ0) is 8.69. The van der Waals surface area contributed by atoms with Crippen LogP contribution < -0.4 is 0 Å². The van der Waals surface area contributed by atoms with E-state index in [-0.39, 0.29) is 1.43 Å². The van der Waals surface area contributed by atoms with Gasteiger partial charge in [0, 0.05) is 1.43 Å². The molecule has 0 aliphatic rings.